The molecule has 0 aliphatic carbocycles. The molecule has 0 radical (unpaired) electrons. The predicted molar refractivity (Wildman–Crippen MR) is 95.4 cm³/mol. The van der Waals surface area contributed by atoms with Gasteiger partial charge in [0, 0.05) is 32.5 Å². The van der Waals surface area contributed by atoms with Crippen LogP contribution < -0.4 is 10.6 Å². The van der Waals surface area contributed by atoms with E-state index in [4.69, 9.17) is 0 Å². The summed E-state index contributed by atoms with van der Waals surface area (Å²) in [7, 11) is 1.79. The molecule has 5 nitrogen and oxygen atoms in total. The summed E-state index contributed by atoms with van der Waals surface area (Å²) in [6, 6.07) is 10.4. The highest BCUT2D eigenvalue weighted by Crippen LogP contribution is 2.05. The largest absolute Gasteiger partial charge is 0.356 e. The molecular weight excluding hydrogens is 286 g/mol. The van der Waals surface area contributed by atoms with Crippen molar-refractivity contribution in [1.29, 1.82) is 0 Å². The quantitative estimate of drug-likeness (QED) is 0.610. The first-order chi connectivity index (χ1) is 11.2. The Hall–Kier alpha value is -2.30. The molecule has 5 heteroatoms. The molecule has 0 fully saturated rings. The van der Waals surface area contributed by atoms with Crippen LogP contribution in [0.3, 0.4) is 0 Å². The maximum atomic E-state index is 4.44. The van der Waals surface area contributed by atoms with E-state index in [-0.39, 0.29) is 0 Å². The molecule has 0 aliphatic heterocycles. The first kappa shape index (κ1) is 17.1. The van der Waals surface area contributed by atoms with E-state index in [1.165, 1.54) is 5.56 Å². The Balaban J connectivity index is 1.87. The fraction of sp³-hybridized carbons (Fsp3) is 0.444. The van der Waals surface area contributed by atoms with E-state index in [2.05, 4.69) is 63.3 Å². The van der Waals surface area contributed by atoms with Crippen molar-refractivity contribution >= 4 is 5.96 Å². The zero-order valence-electron chi connectivity index (χ0n) is 14.3. The van der Waals surface area contributed by atoms with Crippen LogP contribution in [0.1, 0.15) is 31.7 Å². The van der Waals surface area contributed by atoms with Gasteiger partial charge in [0.05, 0.1) is 6.54 Å². The van der Waals surface area contributed by atoms with E-state index < -0.39 is 0 Å². The van der Waals surface area contributed by atoms with Crippen LogP contribution in [-0.2, 0) is 13.1 Å². The molecule has 0 atom stereocenters. The van der Waals surface area contributed by atoms with E-state index in [9.17, 15) is 0 Å². The fourth-order valence-electron chi connectivity index (χ4n) is 2.29. The second-order valence-electron chi connectivity index (χ2n) is 5.99. The Morgan fingerprint density at radius 1 is 1.22 bits per heavy atom. The third kappa shape index (κ3) is 5.77. The molecule has 0 bridgehead atoms. The molecule has 0 aliphatic rings. The standard InChI is InChI=1S/C18H27N5/c1-15(2)9-10-21-18(19-3)22-13-17-20-11-12-23(17)14-16-7-5-4-6-8-16/h4-8,11-12,15H,9-10,13-14H2,1-3H3,(H2,19,21,22). The first-order valence-corrected chi connectivity index (χ1v) is 8.17. The van der Waals surface area contributed by atoms with Gasteiger partial charge in [-0.3, -0.25) is 4.99 Å². The van der Waals surface area contributed by atoms with E-state index in [0.29, 0.717) is 12.5 Å². The number of nitrogens with zero attached hydrogens (tertiary/aromatic N) is 3. The average molecular weight is 313 g/mol. The van der Waals surface area contributed by atoms with Gasteiger partial charge in [-0.25, -0.2) is 4.98 Å². The lowest BCUT2D eigenvalue weighted by molar-refractivity contribution is 0.572. The summed E-state index contributed by atoms with van der Waals surface area (Å²) < 4.78 is 2.16. The highest BCUT2D eigenvalue weighted by Gasteiger charge is 2.05. The average Bonchev–Trinajstić information content (AvgIpc) is 2.98. The molecular formula is C18H27N5. The maximum Gasteiger partial charge on any atom is 0.191 e. The first-order valence-electron chi connectivity index (χ1n) is 8.17. The number of hydrogen-bond donors (Lipinski definition) is 2. The Kier molecular flexibility index (Phi) is 6.66. The number of nitrogens with one attached hydrogen (secondary N) is 2. The van der Waals surface area contributed by atoms with Crippen LogP contribution in [0.4, 0.5) is 0 Å². The van der Waals surface area contributed by atoms with Crippen LogP contribution in [0.5, 0.6) is 0 Å². The molecule has 23 heavy (non-hydrogen) atoms. The lowest BCUT2D eigenvalue weighted by Gasteiger charge is -2.13. The zero-order valence-corrected chi connectivity index (χ0v) is 14.3. The lowest BCUT2D eigenvalue weighted by Crippen LogP contribution is -2.38. The summed E-state index contributed by atoms with van der Waals surface area (Å²) in [6.07, 6.45) is 4.98. The van der Waals surface area contributed by atoms with Crippen molar-refractivity contribution in [2.75, 3.05) is 13.6 Å². The Bertz CT molecular complexity index is 601. The van der Waals surface area contributed by atoms with Crippen LogP contribution in [0.25, 0.3) is 0 Å². The molecule has 2 N–H and O–H groups in total. The van der Waals surface area contributed by atoms with Crippen LogP contribution in [0, 0.1) is 5.92 Å². The molecule has 124 valence electrons. The molecule has 2 aromatic rings. The van der Waals surface area contributed by atoms with E-state index >= 15 is 0 Å². The molecule has 0 amide bonds. The van der Waals surface area contributed by atoms with Crippen molar-refractivity contribution in [3.05, 3.63) is 54.1 Å². The summed E-state index contributed by atoms with van der Waals surface area (Å²) in [6.45, 7) is 6.85. The van der Waals surface area contributed by atoms with Crippen molar-refractivity contribution in [1.82, 2.24) is 20.2 Å². The molecule has 1 aromatic carbocycles. The molecule has 0 unspecified atom stereocenters. The zero-order chi connectivity index (χ0) is 16.5. The van der Waals surface area contributed by atoms with Gasteiger partial charge in [0.2, 0.25) is 0 Å². The van der Waals surface area contributed by atoms with Gasteiger partial charge in [0.1, 0.15) is 5.82 Å². The Morgan fingerprint density at radius 2 is 2.00 bits per heavy atom. The van der Waals surface area contributed by atoms with Crippen molar-refractivity contribution < 1.29 is 0 Å². The molecule has 0 spiro atoms. The van der Waals surface area contributed by atoms with E-state index in [1.807, 2.05) is 18.5 Å². The number of aromatic nitrogens is 2. The van der Waals surface area contributed by atoms with Gasteiger partial charge in [-0.15, -0.1) is 0 Å². The summed E-state index contributed by atoms with van der Waals surface area (Å²) in [5.41, 5.74) is 1.27. The SMILES string of the molecule is CN=C(NCCC(C)C)NCc1nccn1Cc1ccccc1. The molecule has 1 heterocycles. The summed E-state index contributed by atoms with van der Waals surface area (Å²) in [5, 5.41) is 6.66. The highest BCUT2D eigenvalue weighted by atomic mass is 15.2. The number of guanidine groups is 1. The van der Waals surface area contributed by atoms with Crippen LogP contribution >= 0.6 is 0 Å². The Labute approximate surface area is 138 Å². The number of hydrogen-bond acceptors (Lipinski definition) is 2. The second kappa shape index (κ2) is 8.98. The van der Waals surface area contributed by atoms with Crippen molar-refractivity contribution in [3.63, 3.8) is 0 Å². The van der Waals surface area contributed by atoms with Crippen molar-refractivity contribution in [2.45, 2.75) is 33.4 Å². The van der Waals surface area contributed by atoms with Crippen LogP contribution in [0.15, 0.2) is 47.7 Å². The maximum absolute atomic E-state index is 4.44. The normalized spacial score (nSPS) is 11.7. The summed E-state index contributed by atoms with van der Waals surface area (Å²) >= 11 is 0. The van der Waals surface area contributed by atoms with Crippen molar-refractivity contribution in [3.8, 4) is 0 Å². The Morgan fingerprint density at radius 3 is 2.70 bits per heavy atom. The number of aliphatic imine (C=N–C) groups is 1. The van der Waals surface area contributed by atoms with Gasteiger partial charge in [0.15, 0.2) is 5.96 Å². The second-order valence-corrected chi connectivity index (χ2v) is 5.99. The minimum atomic E-state index is 0.654. The van der Waals surface area contributed by atoms with Crippen LogP contribution in [-0.4, -0.2) is 29.1 Å². The fourth-order valence-corrected chi connectivity index (χ4v) is 2.29. The number of imidazole rings is 1. The number of rotatable bonds is 7. The van der Waals surface area contributed by atoms with Gasteiger partial charge < -0.3 is 15.2 Å². The smallest absolute Gasteiger partial charge is 0.191 e. The summed E-state index contributed by atoms with van der Waals surface area (Å²) in [5.74, 6) is 2.51. The minimum Gasteiger partial charge on any atom is -0.356 e. The van der Waals surface area contributed by atoms with E-state index in [1.54, 1.807) is 7.05 Å². The molecule has 0 saturated carbocycles. The highest BCUT2D eigenvalue weighted by molar-refractivity contribution is 5.79. The topological polar surface area (TPSA) is 54.2 Å². The van der Waals surface area contributed by atoms with E-state index in [0.717, 1.165) is 31.3 Å². The van der Waals surface area contributed by atoms with Crippen LogP contribution in [0.2, 0.25) is 0 Å². The number of benzene rings is 1. The van der Waals surface area contributed by atoms with Crippen molar-refractivity contribution in [2.24, 2.45) is 10.9 Å². The molecule has 2 rings (SSSR count). The third-order valence-electron chi connectivity index (χ3n) is 3.65. The molecule has 1 aromatic heterocycles. The third-order valence-corrected chi connectivity index (χ3v) is 3.65. The molecule has 0 saturated heterocycles. The van der Waals surface area contributed by atoms with Gasteiger partial charge in [-0.2, -0.15) is 0 Å². The lowest BCUT2D eigenvalue weighted by atomic mass is 10.1. The van der Waals surface area contributed by atoms with Gasteiger partial charge in [-0.1, -0.05) is 44.2 Å². The monoisotopic (exact) mass is 313 g/mol. The van der Waals surface area contributed by atoms with Gasteiger partial charge >= 0.3 is 0 Å². The minimum absolute atomic E-state index is 0.654. The summed E-state index contributed by atoms with van der Waals surface area (Å²) in [4.78, 5) is 8.70. The van der Waals surface area contributed by atoms with Gasteiger partial charge in [-0.05, 0) is 17.9 Å². The van der Waals surface area contributed by atoms with Gasteiger partial charge in [0.25, 0.3) is 0 Å². The predicted octanol–water partition coefficient (Wildman–Crippen LogP) is 2.64.